The zero-order valence-corrected chi connectivity index (χ0v) is 13.1. The van der Waals surface area contributed by atoms with E-state index in [2.05, 4.69) is 16.0 Å². The smallest absolute Gasteiger partial charge is 0.322 e. The Kier molecular flexibility index (Phi) is 5.63. The van der Waals surface area contributed by atoms with Crippen molar-refractivity contribution in [2.75, 3.05) is 6.54 Å². The molecule has 22 heavy (non-hydrogen) atoms. The summed E-state index contributed by atoms with van der Waals surface area (Å²) in [6, 6.07) is 3.80. The molecule has 1 atom stereocenters. The standard InChI is InChI=1S/C14H15Cl2N3O3/c15-9-2-1-8(10(16)7-9)5-6-17-13(21)11-3-4-12(20)19-14(22)18-11/h1-2,7,11H,3-6H2,(H,17,21)(H2,18,19,20,22)/t11-/m1/s1. The number of nitrogens with one attached hydrogen (secondary N) is 3. The number of carbonyl (C=O) groups is 3. The van der Waals surface area contributed by atoms with Gasteiger partial charge in [-0.25, -0.2) is 4.79 Å². The van der Waals surface area contributed by atoms with E-state index >= 15 is 0 Å². The van der Waals surface area contributed by atoms with Gasteiger partial charge in [0.15, 0.2) is 0 Å². The van der Waals surface area contributed by atoms with Gasteiger partial charge in [0.25, 0.3) is 0 Å². The van der Waals surface area contributed by atoms with Crippen molar-refractivity contribution in [2.45, 2.75) is 25.3 Å². The Morgan fingerprint density at radius 1 is 1.32 bits per heavy atom. The van der Waals surface area contributed by atoms with Gasteiger partial charge in [-0.3, -0.25) is 14.9 Å². The van der Waals surface area contributed by atoms with E-state index in [1.54, 1.807) is 18.2 Å². The molecule has 1 fully saturated rings. The van der Waals surface area contributed by atoms with Crippen LogP contribution in [0.4, 0.5) is 4.79 Å². The number of rotatable bonds is 4. The van der Waals surface area contributed by atoms with Gasteiger partial charge in [0, 0.05) is 23.0 Å². The van der Waals surface area contributed by atoms with Crippen molar-refractivity contribution in [3.8, 4) is 0 Å². The minimum Gasteiger partial charge on any atom is -0.354 e. The average Bonchev–Trinajstić information content (AvgIpc) is 2.61. The molecule has 1 heterocycles. The van der Waals surface area contributed by atoms with Crippen LogP contribution in [0.15, 0.2) is 18.2 Å². The third kappa shape index (κ3) is 4.61. The average molecular weight is 344 g/mol. The molecule has 0 aromatic heterocycles. The molecule has 118 valence electrons. The molecule has 1 saturated heterocycles. The summed E-state index contributed by atoms with van der Waals surface area (Å²) < 4.78 is 0. The van der Waals surface area contributed by atoms with Gasteiger partial charge in [-0.15, -0.1) is 0 Å². The molecular weight excluding hydrogens is 329 g/mol. The maximum atomic E-state index is 12.0. The van der Waals surface area contributed by atoms with E-state index in [0.29, 0.717) is 23.0 Å². The van der Waals surface area contributed by atoms with E-state index in [1.807, 2.05) is 0 Å². The zero-order chi connectivity index (χ0) is 16.1. The van der Waals surface area contributed by atoms with E-state index in [9.17, 15) is 14.4 Å². The first-order valence-corrected chi connectivity index (χ1v) is 7.53. The van der Waals surface area contributed by atoms with E-state index in [4.69, 9.17) is 23.2 Å². The summed E-state index contributed by atoms with van der Waals surface area (Å²) in [5.41, 5.74) is 0.869. The summed E-state index contributed by atoms with van der Waals surface area (Å²) in [6.45, 7) is 0.369. The van der Waals surface area contributed by atoms with Crippen LogP contribution in [0.3, 0.4) is 0 Å². The first-order chi connectivity index (χ1) is 10.5. The maximum absolute atomic E-state index is 12.0. The predicted octanol–water partition coefficient (Wildman–Crippen LogP) is 1.64. The number of hydrogen-bond donors (Lipinski definition) is 3. The number of urea groups is 1. The Hall–Kier alpha value is -1.79. The lowest BCUT2D eigenvalue weighted by Gasteiger charge is -2.15. The van der Waals surface area contributed by atoms with Gasteiger partial charge in [0.05, 0.1) is 0 Å². The molecule has 8 heteroatoms. The molecule has 2 rings (SSSR count). The van der Waals surface area contributed by atoms with Gasteiger partial charge < -0.3 is 10.6 Å². The summed E-state index contributed by atoms with van der Waals surface area (Å²) in [5, 5.41) is 8.39. The van der Waals surface area contributed by atoms with Crippen LogP contribution >= 0.6 is 23.2 Å². The van der Waals surface area contributed by atoms with Gasteiger partial charge >= 0.3 is 6.03 Å². The third-order valence-electron chi connectivity index (χ3n) is 3.24. The van der Waals surface area contributed by atoms with Crippen LogP contribution < -0.4 is 16.0 Å². The van der Waals surface area contributed by atoms with Gasteiger partial charge in [-0.1, -0.05) is 29.3 Å². The third-order valence-corrected chi connectivity index (χ3v) is 3.83. The Labute approximate surface area is 137 Å². The molecule has 0 spiro atoms. The Bertz CT molecular complexity index is 607. The van der Waals surface area contributed by atoms with Gasteiger partial charge in [-0.05, 0) is 30.5 Å². The molecule has 3 N–H and O–H groups in total. The number of amides is 4. The summed E-state index contributed by atoms with van der Waals surface area (Å²) in [5.74, 6) is -0.712. The van der Waals surface area contributed by atoms with E-state index in [-0.39, 0.29) is 24.7 Å². The number of hydrogen-bond acceptors (Lipinski definition) is 3. The SMILES string of the molecule is O=C1CC[C@H](C(=O)NCCc2ccc(Cl)cc2Cl)NC(=O)N1. The van der Waals surface area contributed by atoms with Crippen molar-refractivity contribution in [3.05, 3.63) is 33.8 Å². The highest BCUT2D eigenvalue weighted by atomic mass is 35.5. The molecule has 0 radical (unpaired) electrons. The molecule has 0 unspecified atom stereocenters. The molecule has 0 saturated carbocycles. The summed E-state index contributed by atoms with van der Waals surface area (Å²) >= 11 is 11.9. The normalized spacial score (nSPS) is 18.2. The number of imide groups is 1. The Balaban J connectivity index is 1.84. The Morgan fingerprint density at radius 3 is 2.82 bits per heavy atom. The molecule has 4 amide bonds. The Morgan fingerprint density at radius 2 is 2.09 bits per heavy atom. The molecular formula is C14H15Cl2N3O3. The minimum atomic E-state index is -0.716. The monoisotopic (exact) mass is 343 g/mol. The molecule has 6 nitrogen and oxygen atoms in total. The molecule has 1 aliphatic heterocycles. The van der Waals surface area contributed by atoms with Crippen LogP contribution in [0.25, 0.3) is 0 Å². The van der Waals surface area contributed by atoms with Gasteiger partial charge in [0.2, 0.25) is 11.8 Å². The van der Waals surface area contributed by atoms with Crippen LogP contribution in [-0.2, 0) is 16.0 Å². The number of halogens is 2. The number of carbonyl (C=O) groups excluding carboxylic acids is 3. The highest BCUT2D eigenvalue weighted by Crippen LogP contribution is 2.21. The van der Waals surface area contributed by atoms with Crippen LogP contribution in [0, 0.1) is 0 Å². The molecule has 0 bridgehead atoms. The fourth-order valence-corrected chi connectivity index (χ4v) is 2.60. The lowest BCUT2D eigenvalue weighted by Crippen LogP contribution is -2.48. The van der Waals surface area contributed by atoms with Crippen LogP contribution in [0.5, 0.6) is 0 Å². The maximum Gasteiger partial charge on any atom is 0.322 e. The van der Waals surface area contributed by atoms with Crippen LogP contribution in [-0.4, -0.2) is 30.4 Å². The lowest BCUT2D eigenvalue weighted by molar-refractivity contribution is -0.123. The van der Waals surface area contributed by atoms with E-state index in [0.717, 1.165) is 5.56 Å². The van der Waals surface area contributed by atoms with Crippen molar-refractivity contribution in [2.24, 2.45) is 0 Å². The van der Waals surface area contributed by atoms with Crippen molar-refractivity contribution in [1.82, 2.24) is 16.0 Å². The van der Waals surface area contributed by atoms with Crippen molar-refractivity contribution >= 4 is 41.0 Å². The summed E-state index contributed by atoms with van der Waals surface area (Å²) in [6.07, 6.45) is 0.935. The van der Waals surface area contributed by atoms with Crippen molar-refractivity contribution < 1.29 is 14.4 Å². The molecule has 1 aliphatic rings. The highest BCUT2D eigenvalue weighted by molar-refractivity contribution is 6.35. The fourth-order valence-electron chi connectivity index (χ4n) is 2.10. The summed E-state index contributed by atoms with van der Waals surface area (Å²) in [7, 11) is 0. The number of benzene rings is 1. The topological polar surface area (TPSA) is 87.3 Å². The largest absolute Gasteiger partial charge is 0.354 e. The fraction of sp³-hybridized carbons (Fsp3) is 0.357. The summed E-state index contributed by atoms with van der Waals surface area (Å²) in [4.78, 5) is 34.5. The highest BCUT2D eigenvalue weighted by Gasteiger charge is 2.25. The first kappa shape index (κ1) is 16.6. The van der Waals surface area contributed by atoms with E-state index < -0.39 is 12.1 Å². The molecule has 1 aromatic carbocycles. The first-order valence-electron chi connectivity index (χ1n) is 6.77. The quantitative estimate of drug-likeness (QED) is 0.776. The molecule has 0 aliphatic carbocycles. The second-order valence-electron chi connectivity index (χ2n) is 4.89. The van der Waals surface area contributed by atoms with Crippen LogP contribution in [0.2, 0.25) is 10.0 Å². The lowest BCUT2D eigenvalue weighted by atomic mass is 10.1. The predicted molar refractivity (Wildman–Crippen MR) is 82.9 cm³/mol. The second-order valence-corrected chi connectivity index (χ2v) is 5.73. The van der Waals surface area contributed by atoms with Gasteiger partial charge in [-0.2, -0.15) is 0 Å². The molecule has 1 aromatic rings. The van der Waals surface area contributed by atoms with E-state index in [1.165, 1.54) is 0 Å². The van der Waals surface area contributed by atoms with Crippen LogP contribution in [0.1, 0.15) is 18.4 Å². The van der Waals surface area contributed by atoms with Crippen molar-refractivity contribution in [1.29, 1.82) is 0 Å². The minimum absolute atomic E-state index is 0.125. The second kappa shape index (κ2) is 7.47. The van der Waals surface area contributed by atoms with Crippen molar-refractivity contribution in [3.63, 3.8) is 0 Å². The zero-order valence-electron chi connectivity index (χ0n) is 11.6. The van der Waals surface area contributed by atoms with Gasteiger partial charge in [0.1, 0.15) is 6.04 Å².